The molecule has 0 aliphatic carbocycles. The molecular formula is C8H19FI2OSi. The maximum absolute atomic E-state index is 12.4. The minimum Gasteiger partial charge on any atom is -0.420 e. The van der Waals surface area contributed by atoms with E-state index in [-0.39, 0.29) is 12.1 Å². The summed E-state index contributed by atoms with van der Waals surface area (Å²) in [5.74, 6) is 0. The fourth-order valence-corrected chi connectivity index (χ4v) is 3.82. The molecule has 1 nitrogen and oxygen atoms in total. The van der Waals surface area contributed by atoms with Crippen molar-refractivity contribution in [1.82, 2.24) is 0 Å². The lowest BCUT2D eigenvalue weighted by molar-refractivity contribution is 0.267. The van der Waals surface area contributed by atoms with Gasteiger partial charge < -0.3 is 4.43 Å². The second-order valence-corrected chi connectivity index (χ2v) is 8.72. The van der Waals surface area contributed by atoms with Crippen LogP contribution in [0.15, 0.2) is 0 Å². The van der Waals surface area contributed by atoms with E-state index in [0.29, 0.717) is 0 Å². The van der Waals surface area contributed by atoms with Crippen molar-refractivity contribution in [3.63, 3.8) is 0 Å². The number of rotatable bonds is 4. The highest BCUT2D eigenvalue weighted by molar-refractivity contribution is 15.0. The quantitative estimate of drug-likeness (QED) is 0.466. The van der Waals surface area contributed by atoms with Crippen LogP contribution in [-0.2, 0) is 4.43 Å². The van der Waals surface area contributed by atoms with Crippen LogP contribution in [0.4, 0.5) is 4.39 Å². The zero-order valence-corrected chi connectivity index (χ0v) is 14.3. The molecule has 0 bridgehead atoms. The smallest absolute Gasteiger partial charge is 0.186 e. The van der Waals surface area contributed by atoms with Crippen LogP contribution >= 0.6 is 37.2 Å². The van der Waals surface area contributed by atoms with Gasteiger partial charge in [0.25, 0.3) is 0 Å². The van der Waals surface area contributed by atoms with E-state index >= 15 is 0 Å². The summed E-state index contributed by atoms with van der Waals surface area (Å²) in [5, 5.41) is 0. The predicted molar refractivity (Wildman–Crippen MR) is 77.1 cm³/mol. The molecule has 0 saturated carbocycles. The van der Waals surface area contributed by atoms with Crippen molar-refractivity contribution in [1.29, 1.82) is 0 Å². The average molecular weight is 432 g/mol. The summed E-state index contributed by atoms with van der Waals surface area (Å²) in [6, 6.07) is 0.882. The molecule has 0 aromatic carbocycles. The Labute approximate surface area is 106 Å². The highest BCUT2D eigenvalue weighted by Crippen LogP contribution is 2.28. The lowest BCUT2D eigenvalue weighted by Gasteiger charge is -2.29. The standard InChI is InChI=1S/C8H19FOSi.I2/c1-8(2,6-9)7-11(4,5)10-3;1-2/h6-7H2,1-5H3;. The zero-order chi connectivity index (χ0) is 11.1. The van der Waals surface area contributed by atoms with Crippen molar-refractivity contribution in [2.24, 2.45) is 5.41 Å². The van der Waals surface area contributed by atoms with Gasteiger partial charge in [0.2, 0.25) is 0 Å². The molecular weight excluding hydrogens is 413 g/mol. The summed E-state index contributed by atoms with van der Waals surface area (Å²) in [6.07, 6.45) is 0. The van der Waals surface area contributed by atoms with Gasteiger partial charge in [0, 0.05) is 44.3 Å². The van der Waals surface area contributed by atoms with Gasteiger partial charge in [-0.2, -0.15) is 0 Å². The molecule has 0 fully saturated rings. The first-order chi connectivity index (χ1) is 5.83. The largest absolute Gasteiger partial charge is 0.420 e. The Morgan fingerprint density at radius 1 is 1.31 bits per heavy atom. The van der Waals surface area contributed by atoms with E-state index in [0.717, 1.165) is 6.04 Å². The van der Waals surface area contributed by atoms with Crippen molar-refractivity contribution in [3.05, 3.63) is 0 Å². The first kappa shape index (κ1) is 17.0. The molecule has 0 aliphatic heterocycles. The molecule has 0 N–H and O–H groups in total. The van der Waals surface area contributed by atoms with Crippen LogP contribution in [0, 0.1) is 5.41 Å². The van der Waals surface area contributed by atoms with Gasteiger partial charge in [-0.25, -0.2) is 0 Å². The minimum atomic E-state index is -1.57. The monoisotopic (exact) mass is 432 g/mol. The highest BCUT2D eigenvalue weighted by Gasteiger charge is 2.30. The van der Waals surface area contributed by atoms with E-state index in [9.17, 15) is 4.39 Å². The SMILES string of the molecule is CO[Si](C)(C)CC(C)(C)CF.II. The first-order valence-electron chi connectivity index (χ1n) is 4.08. The fraction of sp³-hybridized carbons (Fsp3) is 1.00. The van der Waals surface area contributed by atoms with Crippen LogP contribution in [-0.4, -0.2) is 22.1 Å². The number of alkyl halides is 1. The average Bonchev–Trinajstić information content (AvgIpc) is 2.07. The second-order valence-electron chi connectivity index (χ2n) is 4.44. The molecule has 0 radical (unpaired) electrons. The maximum Gasteiger partial charge on any atom is 0.186 e. The van der Waals surface area contributed by atoms with Crippen molar-refractivity contribution >= 4 is 45.5 Å². The summed E-state index contributed by atoms with van der Waals surface area (Å²) in [5.41, 5.74) is -0.203. The molecule has 82 valence electrons. The lowest BCUT2D eigenvalue weighted by Crippen LogP contribution is -2.35. The van der Waals surface area contributed by atoms with E-state index in [1.165, 1.54) is 0 Å². The third-order valence-corrected chi connectivity index (χ3v) is 4.73. The van der Waals surface area contributed by atoms with E-state index in [2.05, 4.69) is 50.3 Å². The first-order valence-corrected chi connectivity index (χ1v) is 13.5. The van der Waals surface area contributed by atoms with Crippen LogP contribution in [0.1, 0.15) is 13.8 Å². The summed E-state index contributed by atoms with van der Waals surface area (Å²) < 4.78 is 17.8. The van der Waals surface area contributed by atoms with Crippen molar-refractivity contribution in [2.75, 3.05) is 13.8 Å². The van der Waals surface area contributed by atoms with Crippen molar-refractivity contribution in [2.45, 2.75) is 33.0 Å². The molecule has 0 rings (SSSR count). The topological polar surface area (TPSA) is 9.23 Å². The lowest BCUT2D eigenvalue weighted by atomic mass is 9.99. The van der Waals surface area contributed by atoms with Gasteiger partial charge in [0.15, 0.2) is 8.32 Å². The molecule has 0 aromatic heterocycles. The number of halogens is 3. The highest BCUT2D eigenvalue weighted by atomic mass is 128. The molecule has 0 aliphatic rings. The van der Waals surface area contributed by atoms with Crippen molar-refractivity contribution in [3.8, 4) is 0 Å². The third kappa shape index (κ3) is 9.86. The predicted octanol–water partition coefficient (Wildman–Crippen LogP) is 4.61. The van der Waals surface area contributed by atoms with Gasteiger partial charge in [-0.15, -0.1) is 0 Å². The molecule has 5 heteroatoms. The van der Waals surface area contributed by atoms with Gasteiger partial charge in [-0.3, -0.25) is 4.39 Å². The van der Waals surface area contributed by atoms with Gasteiger partial charge in [-0.05, 0) is 24.6 Å². The van der Waals surface area contributed by atoms with Crippen LogP contribution in [0.2, 0.25) is 19.1 Å². The van der Waals surface area contributed by atoms with E-state index < -0.39 is 8.32 Å². The Hall–Kier alpha value is 1.57. The summed E-state index contributed by atoms with van der Waals surface area (Å²) in [6.45, 7) is 7.86. The number of hydrogen-bond donors (Lipinski definition) is 0. The zero-order valence-electron chi connectivity index (χ0n) is 8.96. The summed E-state index contributed by atoms with van der Waals surface area (Å²) in [4.78, 5) is 0. The number of hydrogen-bond acceptors (Lipinski definition) is 1. The maximum atomic E-state index is 12.4. The van der Waals surface area contributed by atoms with E-state index in [1.807, 2.05) is 13.8 Å². The Morgan fingerprint density at radius 3 is 1.92 bits per heavy atom. The minimum absolute atomic E-state index is 0.203. The van der Waals surface area contributed by atoms with Crippen LogP contribution < -0.4 is 0 Å². The third-order valence-electron chi connectivity index (χ3n) is 1.82. The Morgan fingerprint density at radius 2 is 1.69 bits per heavy atom. The molecule has 0 spiro atoms. The van der Waals surface area contributed by atoms with E-state index in [1.54, 1.807) is 7.11 Å². The Bertz CT molecular complexity index is 117. The Balaban J connectivity index is 0. The van der Waals surface area contributed by atoms with Gasteiger partial charge in [0.05, 0.1) is 6.67 Å². The molecule has 0 atom stereocenters. The molecule has 0 saturated heterocycles. The molecule has 0 heterocycles. The van der Waals surface area contributed by atoms with E-state index in [4.69, 9.17) is 4.43 Å². The second kappa shape index (κ2) is 7.81. The fourth-order valence-electron chi connectivity index (χ4n) is 1.27. The van der Waals surface area contributed by atoms with Crippen molar-refractivity contribution < 1.29 is 8.82 Å². The normalized spacial score (nSPS) is 12.0. The summed E-state index contributed by atoms with van der Waals surface area (Å²) in [7, 11) is 0.149. The van der Waals surface area contributed by atoms with Gasteiger partial charge >= 0.3 is 0 Å². The molecule has 13 heavy (non-hydrogen) atoms. The van der Waals surface area contributed by atoms with Crippen LogP contribution in [0.3, 0.4) is 0 Å². The Kier molecular flexibility index (Phi) is 10.2. The van der Waals surface area contributed by atoms with Crippen LogP contribution in [0.25, 0.3) is 0 Å². The molecule has 0 amide bonds. The van der Waals surface area contributed by atoms with Gasteiger partial charge in [-0.1, -0.05) is 13.8 Å². The van der Waals surface area contributed by atoms with Crippen LogP contribution in [0.5, 0.6) is 0 Å². The van der Waals surface area contributed by atoms with Gasteiger partial charge in [0.1, 0.15) is 0 Å². The summed E-state index contributed by atoms with van der Waals surface area (Å²) >= 11 is 4.24. The molecule has 0 aromatic rings. The molecule has 0 unspecified atom stereocenters.